The molecular weight excluding hydrogens is 624 g/mol. The Morgan fingerprint density at radius 1 is 1.07 bits per heavy atom. The molecule has 0 fully saturated rings. The van der Waals surface area contributed by atoms with E-state index < -0.39 is 12.0 Å². The molecule has 0 aliphatic carbocycles. The highest BCUT2D eigenvalue weighted by molar-refractivity contribution is 9.10. The van der Waals surface area contributed by atoms with Gasteiger partial charge in [-0.1, -0.05) is 53.8 Å². The molecule has 1 aliphatic rings. The van der Waals surface area contributed by atoms with Crippen molar-refractivity contribution in [1.82, 2.24) is 4.57 Å². The monoisotopic (exact) mass is 650 g/mol. The van der Waals surface area contributed by atoms with E-state index in [1.165, 1.54) is 11.3 Å². The van der Waals surface area contributed by atoms with Crippen LogP contribution in [0.5, 0.6) is 11.5 Å². The number of fused-ring (bicyclic) bond motifs is 1. The van der Waals surface area contributed by atoms with Crippen molar-refractivity contribution in [1.29, 1.82) is 0 Å². The maximum Gasteiger partial charge on any atom is 0.338 e. The van der Waals surface area contributed by atoms with Gasteiger partial charge in [0.2, 0.25) is 0 Å². The minimum absolute atomic E-state index is 0.194. The molecule has 0 N–H and O–H groups in total. The first-order chi connectivity index (χ1) is 19.9. The van der Waals surface area contributed by atoms with Crippen molar-refractivity contribution in [3.8, 4) is 11.5 Å². The zero-order valence-corrected chi connectivity index (χ0v) is 26.1. The molecule has 0 amide bonds. The van der Waals surface area contributed by atoms with E-state index >= 15 is 0 Å². The Morgan fingerprint density at radius 2 is 1.78 bits per heavy atom. The number of thiazole rings is 1. The zero-order chi connectivity index (χ0) is 29.1. The molecule has 2 heterocycles. The number of nitrogens with zero attached hydrogens (tertiary/aromatic N) is 2. The topological polar surface area (TPSA) is 79.1 Å². The summed E-state index contributed by atoms with van der Waals surface area (Å²) in [6.45, 7) is 1.96. The maximum absolute atomic E-state index is 14.1. The summed E-state index contributed by atoms with van der Waals surface area (Å²) >= 11 is 6.40. The summed E-state index contributed by atoms with van der Waals surface area (Å²) in [5, 5.41) is 0. The highest BCUT2D eigenvalue weighted by Gasteiger charge is 2.35. The number of benzene rings is 3. The summed E-state index contributed by atoms with van der Waals surface area (Å²) in [6.07, 6.45) is 3.78. The van der Waals surface area contributed by atoms with Crippen molar-refractivity contribution in [2.45, 2.75) is 17.9 Å². The number of carbonyl (C=O) groups excluding carboxylic acids is 1. The van der Waals surface area contributed by atoms with Gasteiger partial charge in [0.05, 0.1) is 47.1 Å². The number of thioether (sulfide) groups is 1. The van der Waals surface area contributed by atoms with E-state index in [1.807, 2.05) is 66.9 Å². The van der Waals surface area contributed by atoms with Crippen LogP contribution in [-0.4, -0.2) is 37.6 Å². The minimum Gasteiger partial charge on any atom is -0.496 e. The molecule has 210 valence electrons. The lowest BCUT2D eigenvalue weighted by Crippen LogP contribution is -2.40. The lowest BCUT2D eigenvalue weighted by Gasteiger charge is -2.26. The number of rotatable bonds is 8. The molecule has 41 heavy (non-hydrogen) atoms. The minimum atomic E-state index is -0.733. The molecule has 0 saturated heterocycles. The van der Waals surface area contributed by atoms with Gasteiger partial charge in [0.25, 0.3) is 5.56 Å². The number of hydrogen-bond acceptors (Lipinski definition) is 8. The van der Waals surface area contributed by atoms with Crippen molar-refractivity contribution in [2.75, 3.05) is 27.1 Å². The van der Waals surface area contributed by atoms with Crippen LogP contribution in [0.3, 0.4) is 0 Å². The molecule has 1 aliphatic heterocycles. The average Bonchev–Trinajstić information content (AvgIpc) is 3.31. The van der Waals surface area contributed by atoms with Crippen molar-refractivity contribution >= 4 is 56.8 Å². The largest absolute Gasteiger partial charge is 0.496 e. The normalized spacial score (nSPS) is 14.9. The highest BCUT2D eigenvalue weighted by atomic mass is 79.9. The average molecular weight is 652 g/mol. The molecule has 0 spiro atoms. The molecule has 3 aromatic carbocycles. The van der Waals surface area contributed by atoms with Crippen LogP contribution in [0.25, 0.3) is 11.8 Å². The number of methoxy groups -OCH3 is 2. The number of halogens is 1. The molecule has 0 radical (unpaired) electrons. The zero-order valence-electron chi connectivity index (χ0n) is 22.8. The molecule has 1 atom stereocenters. The summed E-state index contributed by atoms with van der Waals surface area (Å²) in [7, 11) is 3.14. The Balaban J connectivity index is 1.82. The van der Waals surface area contributed by atoms with Gasteiger partial charge in [-0.25, -0.2) is 9.79 Å². The number of aromatic nitrogens is 1. The lowest BCUT2D eigenvalue weighted by atomic mass is 9.93. The van der Waals surface area contributed by atoms with Crippen LogP contribution in [-0.2, 0) is 9.53 Å². The third-order valence-corrected chi connectivity index (χ3v) is 8.94. The van der Waals surface area contributed by atoms with Crippen molar-refractivity contribution in [2.24, 2.45) is 4.99 Å². The van der Waals surface area contributed by atoms with Crippen molar-refractivity contribution < 1.29 is 19.0 Å². The van der Waals surface area contributed by atoms with Gasteiger partial charge in [-0.15, -0.1) is 11.8 Å². The molecule has 7 nitrogen and oxygen atoms in total. The van der Waals surface area contributed by atoms with Gasteiger partial charge in [-0.2, -0.15) is 0 Å². The second-order valence-corrected chi connectivity index (χ2v) is 11.7. The van der Waals surface area contributed by atoms with E-state index in [0.29, 0.717) is 37.7 Å². The second-order valence-electron chi connectivity index (χ2n) is 8.93. The van der Waals surface area contributed by atoms with Gasteiger partial charge in [-0.05, 0) is 58.9 Å². The van der Waals surface area contributed by atoms with Gasteiger partial charge >= 0.3 is 5.97 Å². The van der Waals surface area contributed by atoms with E-state index in [-0.39, 0.29) is 12.2 Å². The number of esters is 1. The van der Waals surface area contributed by atoms with E-state index in [1.54, 1.807) is 49.6 Å². The van der Waals surface area contributed by atoms with E-state index in [0.717, 1.165) is 20.5 Å². The van der Waals surface area contributed by atoms with Gasteiger partial charge in [0.1, 0.15) is 11.5 Å². The van der Waals surface area contributed by atoms with Crippen LogP contribution in [0, 0.1) is 0 Å². The lowest BCUT2D eigenvalue weighted by molar-refractivity contribution is -0.138. The standard InChI is InChI=1S/C31H27BrN2O5S2/c1-5-39-30(36)26-27(18-9-7-6-8-10-18)33-31-34(28(26)19-11-13-21(40-4)14-12-19)29(35)25(41-31)16-20-15-22(32)24(38-3)17-23(20)37-2/h6-17,28H,5H2,1-4H3/b25-16-. The van der Waals surface area contributed by atoms with Gasteiger partial charge in [-0.3, -0.25) is 9.36 Å². The fraction of sp³-hybridized carbons (Fsp3) is 0.194. The Morgan fingerprint density at radius 3 is 2.41 bits per heavy atom. The van der Waals surface area contributed by atoms with Crippen LogP contribution in [0.2, 0.25) is 0 Å². The van der Waals surface area contributed by atoms with Crippen LogP contribution < -0.4 is 24.4 Å². The highest BCUT2D eigenvalue weighted by Crippen LogP contribution is 2.36. The van der Waals surface area contributed by atoms with Crippen LogP contribution in [0.15, 0.2) is 91.5 Å². The number of carbonyl (C=O) groups is 1. The first kappa shape index (κ1) is 28.9. The molecule has 0 bridgehead atoms. The molecule has 5 rings (SSSR count). The fourth-order valence-corrected chi connectivity index (χ4v) is 6.60. The SMILES string of the molecule is CCOC(=O)C1=C(c2ccccc2)N=c2s/c(=C\c3cc(Br)c(OC)cc3OC)c(=O)n2C1c1ccc(SC)cc1. The number of ether oxygens (including phenoxy) is 3. The summed E-state index contributed by atoms with van der Waals surface area (Å²) in [4.78, 5) is 34.2. The molecule has 0 saturated carbocycles. The molecule has 1 aromatic heterocycles. The predicted molar refractivity (Wildman–Crippen MR) is 167 cm³/mol. The first-order valence-electron chi connectivity index (χ1n) is 12.7. The first-order valence-corrected chi connectivity index (χ1v) is 15.6. The third-order valence-electron chi connectivity index (χ3n) is 6.60. The van der Waals surface area contributed by atoms with Gasteiger partial charge in [0.15, 0.2) is 4.80 Å². The molecule has 10 heteroatoms. The summed E-state index contributed by atoms with van der Waals surface area (Å²) in [5.74, 6) is 0.655. The van der Waals surface area contributed by atoms with Crippen LogP contribution in [0.4, 0.5) is 0 Å². The van der Waals surface area contributed by atoms with E-state index in [2.05, 4.69) is 15.9 Å². The fourth-order valence-electron chi connectivity index (χ4n) is 4.68. The Hall–Kier alpha value is -3.60. The smallest absolute Gasteiger partial charge is 0.338 e. The Bertz CT molecular complexity index is 1810. The quantitative estimate of drug-likeness (QED) is 0.187. The van der Waals surface area contributed by atoms with Gasteiger partial charge in [0, 0.05) is 22.1 Å². The summed E-state index contributed by atoms with van der Waals surface area (Å²) in [5.41, 5.74) is 2.78. The Kier molecular flexibility index (Phi) is 8.82. The predicted octanol–water partition coefficient (Wildman–Crippen LogP) is 5.44. The Labute approximate surface area is 253 Å². The number of hydrogen-bond donors (Lipinski definition) is 0. The molecule has 4 aromatic rings. The summed E-state index contributed by atoms with van der Waals surface area (Å²) < 4.78 is 19.3. The second kappa shape index (κ2) is 12.5. The maximum atomic E-state index is 14.1. The van der Waals surface area contributed by atoms with E-state index in [9.17, 15) is 9.59 Å². The molecular formula is C31H27BrN2O5S2. The van der Waals surface area contributed by atoms with E-state index in [4.69, 9.17) is 19.2 Å². The van der Waals surface area contributed by atoms with Crippen molar-refractivity contribution in [3.63, 3.8) is 0 Å². The third kappa shape index (κ3) is 5.64. The van der Waals surface area contributed by atoms with Gasteiger partial charge < -0.3 is 14.2 Å². The molecule has 1 unspecified atom stereocenters. The van der Waals surface area contributed by atoms with Crippen LogP contribution in [0.1, 0.15) is 29.7 Å². The van der Waals surface area contributed by atoms with Crippen LogP contribution >= 0.6 is 39.0 Å². The summed E-state index contributed by atoms with van der Waals surface area (Å²) in [6, 6.07) is 20.2. The van der Waals surface area contributed by atoms with Crippen molar-refractivity contribution in [3.05, 3.63) is 113 Å².